The van der Waals surface area contributed by atoms with Crippen LogP contribution in [0.4, 0.5) is 11.4 Å². The van der Waals surface area contributed by atoms with Gasteiger partial charge in [0.15, 0.2) is 11.0 Å². The molecule has 2 amide bonds. The molecule has 1 aromatic heterocycles. The zero-order valence-electron chi connectivity index (χ0n) is 19.6. The Bertz CT molecular complexity index is 1200. The molecule has 9 nitrogen and oxygen atoms in total. The van der Waals surface area contributed by atoms with Gasteiger partial charge in [0, 0.05) is 51.0 Å². The zero-order valence-corrected chi connectivity index (χ0v) is 20.4. The van der Waals surface area contributed by atoms with Crippen LogP contribution in [0.1, 0.15) is 6.92 Å². The number of benzene rings is 2. The summed E-state index contributed by atoms with van der Waals surface area (Å²) < 4.78 is 1.82. The van der Waals surface area contributed by atoms with Crippen molar-refractivity contribution < 1.29 is 14.7 Å². The maximum Gasteiger partial charge on any atom is 0.234 e. The first kappa shape index (κ1) is 24.3. The van der Waals surface area contributed by atoms with Crippen molar-refractivity contribution in [1.29, 1.82) is 0 Å². The van der Waals surface area contributed by atoms with Gasteiger partial charge in [0.1, 0.15) is 5.75 Å². The SMILES string of the molecule is C=CCn1c(SCC(=O)Nc2ccc(N3CCN(C(C)=O)CC3)cc2)nnc1-c1ccccc1O. The van der Waals surface area contributed by atoms with E-state index in [9.17, 15) is 14.7 Å². The number of nitrogens with one attached hydrogen (secondary N) is 1. The molecule has 1 aliphatic heterocycles. The molecule has 1 fully saturated rings. The van der Waals surface area contributed by atoms with Crippen LogP contribution in [-0.2, 0) is 16.1 Å². The van der Waals surface area contributed by atoms with Crippen LogP contribution in [0.3, 0.4) is 0 Å². The molecule has 1 saturated heterocycles. The number of piperazine rings is 1. The minimum absolute atomic E-state index is 0.109. The fourth-order valence-corrected chi connectivity index (χ4v) is 4.66. The van der Waals surface area contributed by atoms with Crippen molar-refractivity contribution in [2.45, 2.75) is 18.6 Å². The number of hydrogen-bond donors (Lipinski definition) is 2. The number of allylic oxidation sites excluding steroid dienone is 1. The van der Waals surface area contributed by atoms with Gasteiger partial charge < -0.3 is 20.2 Å². The predicted octanol–water partition coefficient (Wildman–Crippen LogP) is 3.24. The van der Waals surface area contributed by atoms with E-state index < -0.39 is 0 Å². The number of aromatic nitrogens is 3. The third-order valence-corrected chi connectivity index (χ3v) is 6.71. The summed E-state index contributed by atoms with van der Waals surface area (Å²) in [5.74, 6) is 0.743. The molecule has 0 spiro atoms. The van der Waals surface area contributed by atoms with Crippen LogP contribution in [0, 0.1) is 0 Å². The second-order valence-corrected chi connectivity index (χ2v) is 9.04. The summed E-state index contributed by atoms with van der Waals surface area (Å²) in [7, 11) is 0. The van der Waals surface area contributed by atoms with Crippen LogP contribution < -0.4 is 10.2 Å². The number of anilines is 2. The van der Waals surface area contributed by atoms with Crippen molar-refractivity contribution in [3.8, 4) is 17.1 Å². The predicted molar refractivity (Wildman–Crippen MR) is 138 cm³/mol. The lowest BCUT2D eigenvalue weighted by molar-refractivity contribution is -0.129. The van der Waals surface area contributed by atoms with Gasteiger partial charge in [0.05, 0.1) is 11.3 Å². The number of rotatable bonds is 8. The highest BCUT2D eigenvalue weighted by molar-refractivity contribution is 7.99. The summed E-state index contributed by atoms with van der Waals surface area (Å²) >= 11 is 1.27. The lowest BCUT2D eigenvalue weighted by Gasteiger charge is -2.35. The maximum absolute atomic E-state index is 12.6. The van der Waals surface area contributed by atoms with E-state index >= 15 is 0 Å². The van der Waals surface area contributed by atoms with Crippen molar-refractivity contribution in [3.05, 3.63) is 61.2 Å². The van der Waals surface area contributed by atoms with Crippen molar-refractivity contribution in [2.75, 3.05) is 42.1 Å². The van der Waals surface area contributed by atoms with E-state index in [0.29, 0.717) is 41.9 Å². The van der Waals surface area contributed by atoms with Crippen molar-refractivity contribution >= 4 is 35.0 Å². The van der Waals surface area contributed by atoms with Crippen LogP contribution in [0.5, 0.6) is 5.75 Å². The Hall–Kier alpha value is -3.79. The van der Waals surface area contributed by atoms with Crippen molar-refractivity contribution in [1.82, 2.24) is 19.7 Å². The maximum atomic E-state index is 12.6. The lowest BCUT2D eigenvalue weighted by atomic mass is 10.2. The average molecular weight is 493 g/mol. The molecular formula is C25H28N6O3S. The van der Waals surface area contributed by atoms with Crippen LogP contribution in [0.2, 0.25) is 0 Å². The number of phenolic OH excluding ortho intramolecular Hbond substituents is 1. The molecule has 0 saturated carbocycles. The van der Waals surface area contributed by atoms with E-state index in [1.165, 1.54) is 11.8 Å². The molecule has 182 valence electrons. The molecule has 4 rings (SSSR count). The number of carbonyl (C=O) groups is 2. The van der Waals surface area contributed by atoms with Crippen molar-refractivity contribution in [3.63, 3.8) is 0 Å². The molecule has 0 aliphatic carbocycles. The van der Waals surface area contributed by atoms with Gasteiger partial charge in [-0.05, 0) is 36.4 Å². The number of carbonyl (C=O) groups excluding carboxylic acids is 2. The van der Waals surface area contributed by atoms with Gasteiger partial charge in [-0.25, -0.2) is 0 Å². The first-order valence-corrected chi connectivity index (χ1v) is 12.3. The highest BCUT2D eigenvalue weighted by atomic mass is 32.2. The quantitative estimate of drug-likeness (QED) is 0.368. The van der Waals surface area contributed by atoms with E-state index in [0.717, 1.165) is 18.8 Å². The van der Waals surface area contributed by atoms with Gasteiger partial charge in [-0.3, -0.25) is 14.2 Å². The molecule has 0 unspecified atom stereocenters. The van der Waals surface area contributed by atoms with E-state index in [2.05, 4.69) is 27.0 Å². The molecule has 3 aromatic rings. The molecule has 2 heterocycles. The lowest BCUT2D eigenvalue weighted by Crippen LogP contribution is -2.48. The van der Waals surface area contributed by atoms with Gasteiger partial charge in [0.2, 0.25) is 11.8 Å². The number of thioether (sulfide) groups is 1. The second kappa shape index (κ2) is 11.1. The Labute approximate surface area is 208 Å². The van der Waals surface area contributed by atoms with Crippen LogP contribution in [-0.4, -0.2) is 68.5 Å². The first-order chi connectivity index (χ1) is 17.0. The standard InChI is InChI=1S/C25H28N6O3S/c1-3-12-31-24(21-6-4-5-7-22(21)33)27-28-25(31)35-17-23(34)26-19-8-10-20(11-9-19)30-15-13-29(14-16-30)18(2)32/h3-11,33H,1,12-17H2,2H3,(H,26,34). The van der Waals surface area contributed by atoms with Crippen LogP contribution in [0.15, 0.2) is 66.3 Å². The molecule has 1 aliphatic rings. The van der Waals surface area contributed by atoms with E-state index in [1.807, 2.05) is 39.8 Å². The number of nitrogens with zero attached hydrogens (tertiary/aromatic N) is 5. The molecule has 2 N–H and O–H groups in total. The number of hydrogen-bond acceptors (Lipinski definition) is 7. The fraction of sp³-hybridized carbons (Fsp3) is 0.280. The largest absolute Gasteiger partial charge is 0.507 e. The molecule has 0 atom stereocenters. The van der Waals surface area contributed by atoms with E-state index in [1.54, 1.807) is 31.2 Å². The van der Waals surface area contributed by atoms with E-state index in [4.69, 9.17) is 0 Å². The van der Waals surface area contributed by atoms with E-state index in [-0.39, 0.29) is 23.3 Å². The molecule has 10 heteroatoms. The van der Waals surface area contributed by atoms with Crippen LogP contribution >= 0.6 is 11.8 Å². The molecule has 35 heavy (non-hydrogen) atoms. The Morgan fingerprint density at radius 2 is 1.80 bits per heavy atom. The third-order valence-electron chi connectivity index (χ3n) is 5.75. The second-order valence-electron chi connectivity index (χ2n) is 8.10. The summed E-state index contributed by atoms with van der Waals surface area (Å²) in [6, 6.07) is 14.6. The highest BCUT2D eigenvalue weighted by Crippen LogP contribution is 2.30. The summed E-state index contributed by atoms with van der Waals surface area (Å²) in [5, 5.41) is 22.1. The number of amides is 2. The summed E-state index contributed by atoms with van der Waals surface area (Å²) in [5.41, 5.74) is 2.35. The van der Waals surface area contributed by atoms with Gasteiger partial charge in [-0.15, -0.1) is 16.8 Å². The monoisotopic (exact) mass is 492 g/mol. The van der Waals surface area contributed by atoms with Crippen molar-refractivity contribution in [2.24, 2.45) is 0 Å². The minimum atomic E-state index is -0.157. The molecule has 0 radical (unpaired) electrons. The summed E-state index contributed by atoms with van der Waals surface area (Å²) in [4.78, 5) is 28.2. The highest BCUT2D eigenvalue weighted by Gasteiger charge is 2.19. The molecule has 2 aromatic carbocycles. The number of aromatic hydroxyl groups is 1. The number of para-hydroxylation sites is 1. The number of phenols is 1. The van der Waals surface area contributed by atoms with Gasteiger partial charge in [-0.1, -0.05) is 30.0 Å². The fourth-order valence-electron chi connectivity index (χ4n) is 3.91. The summed E-state index contributed by atoms with van der Waals surface area (Å²) in [6.45, 7) is 8.84. The zero-order chi connectivity index (χ0) is 24.8. The Balaban J connectivity index is 1.34. The minimum Gasteiger partial charge on any atom is -0.507 e. The summed E-state index contributed by atoms with van der Waals surface area (Å²) in [6.07, 6.45) is 1.72. The Morgan fingerprint density at radius 3 is 2.46 bits per heavy atom. The Morgan fingerprint density at radius 1 is 1.09 bits per heavy atom. The van der Waals surface area contributed by atoms with Gasteiger partial charge >= 0.3 is 0 Å². The van der Waals surface area contributed by atoms with Gasteiger partial charge in [0.25, 0.3) is 0 Å². The van der Waals surface area contributed by atoms with Gasteiger partial charge in [-0.2, -0.15) is 0 Å². The first-order valence-electron chi connectivity index (χ1n) is 11.3. The normalized spacial score (nSPS) is 13.5. The van der Waals surface area contributed by atoms with Crippen LogP contribution in [0.25, 0.3) is 11.4 Å². The average Bonchev–Trinajstić information content (AvgIpc) is 3.26. The third kappa shape index (κ3) is 5.83. The molecule has 0 bridgehead atoms. The Kier molecular flexibility index (Phi) is 7.71. The topological polar surface area (TPSA) is 104 Å². The molecular weight excluding hydrogens is 464 g/mol. The smallest absolute Gasteiger partial charge is 0.234 e.